The minimum absolute atomic E-state index is 0.00552. The molecule has 0 aliphatic heterocycles. The predicted octanol–water partition coefficient (Wildman–Crippen LogP) is 2.85. The van der Waals surface area contributed by atoms with Gasteiger partial charge in [-0.05, 0) is 41.5 Å². The third-order valence-electron chi connectivity index (χ3n) is 3.22. The zero-order valence-corrected chi connectivity index (χ0v) is 9.78. The number of rotatable bonds is 2. The number of nitrogens with zero attached hydrogens (tertiary/aromatic N) is 2. The van der Waals surface area contributed by atoms with Gasteiger partial charge in [-0.25, -0.2) is 9.59 Å². The number of hydrogen-bond donors (Lipinski definition) is 0. The van der Waals surface area contributed by atoms with E-state index in [0.717, 1.165) is 24.0 Å². The van der Waals surface area contributed by atoms with Crippen LogP contribution in [0.4, 0.5) is 11.4 Å². The van der Waals surface area contributed by atoms with Crippen LogP contribution < -0.4 is 0 Å². The summed E-state index contributed by atoms with van der Waals surface area (Å²) in [5.41, 5.74) is 3.21. The largest absolute Gasteiger partial charge is 0.240 e. The van der Waals surface area contributed by atoms with Crippen molar-refractivity contribution >= 4 is 23.5 Å². The highest BCUT2D eigenvalue weighted by atomic mass is 16.1. The van der Waals surface area contributed by atoms with Gasteiger partial charge < -0.3 is 0 Å². The standard InChI is InChI=1S/C13H12N2O2/c1-13(2)4-3-9-5-10(14-7-16)6-11(12(9)13)15-8-17/h5-6H,3-4H2,1-2H3. The molecule has 2 rings (SSSR count). The summed E-state index contributed by atoms with van der Waals surface area (Å²) in [5, 5.41) is 0. The Morgan fingerprint density at radius 2 is 1.88 bits per heavy atom. The molecular weight excluding hydrogens is 216 g/mol. The number of fused-ring (bicyclic) bond motifs is 1. The maximum atomic E-state index is 10.5. The van der Waals surface area contributed by atoms with E-state index in [-0.39, 0.29) is 5.41 Å². The van der Waals surface area contributed by atoms with Crippen molar-refractivity contribution in [3.8, 4) is 0 Å². The first kappa shape index (κ1) is 11.5. The highest BCUT2D eigenvalue weighted by Gasteiger charge is 2.32. The second-order valence-corrected chi connectivity index (χ2v) is 4.79. The van der Waals surface area contributed by atoms with Crippen molar-refractivity contribution in [2.45, 2.75) is 32.1 Å². The SMILES string of the molecule is CC1(C)CCc2cc(N=C=O)cc(N=C=O)c21. The second kappa shape index (κ2) is 4.10. The van der Waals surface area contributed by atoms with Crippen molar-refractivity contribution in [3.63, 3.8) is 0 Å². The van der Waals surface area contributed by atoms with Gasteiger partial charge in [-0.2, -0.15) is 9.98 Å². The molecule has 0 radical (unpaired) electrons. The Bertz CT molecular complexity index is 563. The van der Waals surface area contributed by atoms with Crippen molar-refractivity contribution in [2.24, 2.45) is 9.98 Å². The van der Waals surface area contributed by atoms with Gasteiger partial charge in [0.1, 0.15) is 0 Å². The van der Waals surface area contributed by atoms with E-state index < -0.39 is 0 Å². The first-order valence-electron chi connectivity index (χ1n) is 5.41. The van der Waals surface area contributed by atoms with Crippen LogP contribution in [0.15, 0.2) is 22.1 Å². The Morgan fingerprint density at radius 1 is 1.18 bits per heavy atom. The molecule has 17 heavy (non-hydrogen) atoms. The van der Waals surface area contributed by atoms with E-state index in [1.165, 1.54) is 6.08 Å². The molecule has 0 atom stereocenters. The first-order chi connectivity index (χ1) is 8.08. The lowest BCUT2D eigenvalue weighted by Crippen LogP contribution is -2.11. The van der Waals surface area contributed by atoms with E-state index >= 15 is 0 Å². The highest BCUT2D eigenvalue weighted by molar-refractivity contribution is 5.67. The van der Waals surface area contributed by atoms with Crippen molar-refractivity contribution < 1.29 is 9.59 Å². The molecule has 1 aliphatic carbocycles. The van der Waals surface area contributed by atoms with Crippen LogP contribution >= 0.6 is 0 Å². The van der Waals surface area contributed by atoms with Crippen molar-refractivity contribution in [1.29, 1.82) is 0 Å². The average molecular weight is 228 g/mol. The van der Waals surface area contributed by atoms with Gasteiger partial charge >= 0.3 is 0 Å². The van der Waals surface area contributed by atoms with Gasteiger partial charge in [0.25, 0.3) is 0 Å². The minimum Gasteiger partial charge on any atom is -0.211 e. The molecule has 0 bridgehead atoms. The molecule has 0 aromatic heterocycles. The molecule has 1 aromatic carbocycles. The molecule has 0 amide bonds. The van der Waals surface area contributed by atoms with Crippen LogP contribution in [0.2, 0.25) is 0 Å². The third-order valence-corrected chi connectivity index (χ3v) is 3.22. The maximum Gasteiger partial charge on any atom is 0.240 e. The smallest absolute Gasteiger partial charge is 0.211 e. The molecule has 1 aromatic rings. The molecule has 0 spiro atoms. The fourth-order valence-electron chi connectivity index (χ4n) is 2.47. The fraction of sp³-hybridized carbons (Fsp3) is 0.385. The van der Waals surface area contributed by atoms with Crippen molar-refractivity contribution in [3.05, 3.63) is 23.3 Å². The van der Waals surface area contributed by atoms with Gasteiger partial charge in [-0.1, -0.05) is 13.8 Å². The van der Waals surface area contributed by atoms with Gasteiger partial charge in [0.05, 0.1) is 11.4 Å². The Labute approximate surface area is 99.1 Å². The maximum absolute atomic E-state index is 10.5. The normalized spacial score (nSPS) is 15.6. The summed E-state index contributed by atoms with van der Waals surface area (Å²) in [5.74, 6) is 0. The quantitative estimate of drug-likeness (QED) is 0.577. The number of aliphatic imine (C=N–C) groups is 2. The molecular formula is C13H12N2O2. The number of isocyanates is 2. The lowest BCUT2D eigenvalue weighted by molar-refractivity contribution is 0.523. The zero-order chi connectivity index (χ0) is 12.5. The van der Waals surface area contributed by atoms with Crippen LogP contribution in [0.3, 0.4) is 0 Å². The molecule has 0 unspecified atom stereocenters. The van der Waals surface area contributed by atoms with Crippen LogP contribution in [-0.2, 0) is 21.4 Å². The fourth-order valence-corrected chi connectivity index (χ4v) is 2.47. The zero-order valence-electron chi connectivity index (χ0n) is 9.78. The molecule has 0 fully saturated rings. The summed E-state index contributed by atoms with van der Waals surface area (Å²) >= 11 is 0. The van der Waals surface area contributed by atoms with E-state index in [1.807, 2.05) is 6.07 Å². The lowest BCUT2D eigenvalue weighted by Gasteiger charge is -2.20. The summed E-state index contributed by atoms with van der Waals surface area (Å²) in [4.78, 5) is 28.0. The topological polar surface area (TPSA) is 58.9 Å². The van der Waals surface area contributed by atoms with Crippen molar-refractivity contribution in [2.75, 3.05) is 0 Å². The van der Waals surface area contributed by atoms with E-state index in [2.05, 4.69) is 23.8 Å². The van der Waals surface area contributed by atoms with Crippen LogP contribution in [0.1, 0.15) is 31.4 Å². The van der Waals surface area contributed by atoms with Crippen LogP contribution in [0.5, 0.6) is 0 Å². The van der Waals surface area contributed by atoms with E-state index in [9.17, 15) is 9.59 Å². The first-order valence-corrected chi connectivity index (χ1v) is 5.41. The monoisotopic (exact) mass is 228 g/mol. The molecule has 0 saturated carbocycles. The molecule has 0 heterocycles. The number of carbonyl (C=O) groups excluding carboxylic acids is 2. The highest BCUT2D eigenvalue weighted by Crippen LogP contribution is 2.45. The van der Waals surface area contributed by atoms with Crippen LogP contribution in [0.25, 0.3) is 0 Å². The lowest BCUT2D eigenvalue weighted by atomic mass is 9.85. The Morgan fingerprint density at radius 3 is 2.53 bits per heavy atom. The van der Waals surface area contributed by atoms with Gasteiger partial charge in [0, 0.05) is 0 Å². The minimum atomic E-state index is -0.00552. The Balaban J connectivity index is 2.71. The van der Waals surface area contributed by atoms with E-state index in [1.54, 1.807) is 12.1 Å². The summed E-state index contributed by atoms with van der Waals surface area (Å²) in [7, 11) is 0. The summed E-state index contributed by atoms with van der Waals surface area (Å²) < 4.78 is 0. The third kappa shape index (κ3) is 1.96. The predicted molar refractivity (Wildman–Crippen MR) is 63.4 cm³/mol. The van der Waals surface area contributed by atoms with E-state index in [0.29, 0.717) is 11.4 Å². The van der Waals surface area contributed by atoms with Crippen LogP contribution in [0, 0.1) is 0 Å². The molecule has 1 aliphatic rings. The number of aryl methyl sites for hydroxylation is 1. The summed E-state index contributed by atoms with van der Waals surface area (Å²) in [6, 6.07) is 3.49. The van der Waals surface area contributed by atoms with E-state index in [4.69, 9.17) is 0 Å². The van der Waals surface area contributed by atoms with Gasteiger partial charge in [0.15, 0.2) is 0 Å². The summed E-state index contributed by atoms with van der Waals surface area (Å²) in [6.07, 6.45) is 4.96. The Hall–Kier alpha value is -2.02. The van der Waals surface area contributed by atoms with Crippen LogP contribution in [-0.4, -0.2) is 12.2 Å². The van der Waals surface area contributed by atoms with Gasteiger partial charge in [-0.3, -0.25) is 0 Å². The number of benzene rings is 1. The molecule has 4 nitrogen and oxygen atoms in total. The average Bonchev–Trinajstić information content (AvgIpc) is 2.56. The van der Waals surface area contributed by atoms with Crippen molar-refractivity contribution in [1.82, 2.24) is 0 Å². The van der Waals surface area contributed by atoms with Gasteiger partial charge in [-0.15, -0.1) is 0 Å². The summed E-state index contributed by atoms with van der Waals surface area (Å²) in [6.45, 7) is 4.23. The van der Waals surface area contributed by atoms with Gasteiger partial charge in [0.2, 0.25) is 12.2 Å². The second-order valence-electron chi connectivity index (χ2n) is 4.79. The number of hydrogen-bond acceptors (Lipinski definition) is 4. The Kier molecular flexibility index (Phi) is 2.76. The molecule has 0 N–H and O–H groups in total. The molecule has 0 saturated heterocycles. The molecule has 86 valence electrons. The molecule has 4 heteroatoms.